The molecule has 19 heavy (non-hydrogen) atoms. The topological polar surface area (TPSA) is 28.4 Å². The van der Waals surface area contributed by atoms with Gasteiger partial charge in [0.1, 0.15) is 5.76 Å². The van der Waals surface area contributed by atoms with Gasteiger partial charge in [-0.3, -0.25) is 4.90 Å². The lowest BCUT2D eigenvalue weighted by Crippen LogP contribution is -2.46. The summed E-state index contributed by atoms with van der Waals surface area (Å²) in [6.07, 6.45) is -0.796. The minimum atomic E-state index is -4.13. The fourth-order valence-corrected chi connectivity index (χ4v) is 2.19. The quantitative estimate of drug-likeness (QED) is 0.830. The van der Waals surface area contributed by atoms with Crippen LogP contribution in [0.3, 0.4) is 0 Å². The Morgan fingerprint density at radius 3 is 2.74 bits per heavy atom. The smallest absolute Gasteiger partial charge is 0.401 e. The molecule has 1 heterocycles. The van der Waals surface area contributed by atoms with Crippen LogP contribution in [0.25, 0.3) is 0 Å². The zero-order valence-electron chi connectivity index (χ0n) is 10.9. The average molecular weight is 276 g/mol. The van der Waals surface area contributed by atoms with Crippen molar-refractivity contribution in [3.63, 3.8) is 0 Å². The summed E-state index contributed by atoms with van der Waals surface area (Å²) in [5, 5.41) is 3.13. The van der Waals surface area contributed by atoms with Gasteiger partial charge in [0, 0.05) is 18.6 Å². The van der Waals surface area contributed by atoms with Crippen LogP contribution >= 0.6 is 0 Å². The lowest BCUT2D eigenvalue weighted by Gasteiger charge is -2.30. The van der Waals surface area contributed by atoms with Crippen molar-refractivity contribution in [3.8, 4) is 0 Å². The molecule has 1 aliphatic carbocycles. The van der Waals surface area contributed by atoms with Crippen LogP contribution in [-0.4, -0.2) is 36.2 Å². The zero-order valence-corrected chi connectivity index (χ0v) is 10.9. The van der Waals surface area contributed by atoms with E-state index < -0.39 is 12.7 Å². The molecule has 0 aliphatic heterocycles. The van der Waals surface area contributed by atoms with Gasteiger partial charge < -0.3 is 9.73 Å². The molecule has 3 nitrogen and oxygen atoms in total. The summed E-state index contributed by atoms with van der Waals surface area (Å²) in [7, 11) is 0. The van der Waals surface area contributed by atoms with E-state index in [9.17, 15) is 13.2 Å². The molecule has 0 bridgehead atoms. The summed E-state index contributed by atoms with van der Waals surface area (Å²) in [6, 6.07) is 3.60. The SMILES string of the molecule is CC(CNCc1ccco1)N(CC(F)(F)F)C1CC1. The summed E-state index contributed by atoms with van der Waals surface area (Å²) >= 11 is 0. The van der Waals surface area contributed by atoms with E-state index in [2.05, 4.69) is 5.32 Å². The molecule has 0 aromatic carbocycles. The molecule has 0 amide bonds. The van der Waals surface area contributed by atoms with Crippen molar-refractivity contribution in [1.29, 1.82) is 0 Å². The maximum atomic E-state index is 12.5. The number of nitrogens with one attached hydrogen (secondary N) is 1. The molecule has 0 spiro atoms. The fraction of sp³-hybridized carbons (Fsp3) is 0.692. The highest BCUT2D eigenvalue weighted by Gasteiger charge is 2.39. The van der Waals surface area contributed by atoms with E-state index in [1.165, 1.54) is 0 Å². The first-order valence-corrected chi connectivity index (χ1v) is 6.51. The predicted molar refractivity (Wildman–Crippen MR) is 65.7 cm³/mol. The Kier molecular flexibility index (Phi) is 4.52. The van der Waals surface area contributed by atoms with Crippen molar-refractivity contribution in [2.45, 2.75) is 44.6 Å². The standard InChI is InChI=1S/C13H19F3N2O/c1-10(7-17-8-12-3-2-6-19-12)18(11-4-5-11)9-13(14,15)16/h2-3,6,10-11,17H,4-5,7-9H2,1H3. The lowest BCUT2D eigenvalue weighted by molar-refractivity contribution is -0.151. The van der Waals surface area contributed by atoms with Crippen LogP contribution in [0, 0.1) is 0 Å². The second-order valence-electron chi connectivity index (χ2n) is 5.08. The molecular weight excluding hydrogens is 257 g/mol. The van der Waals surface area contributed by atoms with Crippen LogP contribution in [-0.2, 0) is 6.54 Å². The Morgan fingerprint density at radius 1 is 1.47 bits per heavy atom. The van der Waals surface area contributed by atoms with Crippen molar-refractivity contribution >= 4 is 0 Å². The second-order valence-corrected chi connectivity index (χ2v) is 5.08. The molecule has 1 aliphatic rings. The Bertz CT molecular complexity index is 374. The molecule has 0 saturated heterocycles. The number of hydrogen-bond acceptors (Lipinski definition) is 3. The molecular formula is C13H19F3N2O. The van der Waals surface area contributed by atoms with Gasteiger partial charge in [0.15, 0.2) is 0 Å². The van der Waals surface area contributed by atoms with Crippen LogP contribution in [0.2, 0.25) is 0 Å². The molecule has 1 saturated carbocycles. The van der Waals surface area contributed by atoms with Crippen LogP contribution in [0.4, 0.5) is 13.2 Å². The Balaban J connectivity index is 1.77. The second kappa shape index (κ2) is 5.96. The van der Waals surface area contributed by atoms with Crippen LogP contribution in [0.15, 0.2) is 22.8 Å². The van der Waals surface area contributed by atoms with Crippen LogP contribution in [0.1, 0.15) is 25.5 Å². The third-order valence-corrected chi connectivity index (χ3v) is 3.26. The normalized spacial score (nSPS) is 17.9. The number of hydrogen-bond donors (Lipinski definition) is 1. The molecule has 1 N–H and O–H groups in total. The van der Waals surface area contributed by atoms with E-state index in [4.69, 9.17) is 4.42 Å². The van der Waals surface area contributed by atoms with Crippen LogP contribution < -0.4 is 5.32 Å². The van der Waals surface area contributed by atoms with Crippen LogP contribution in [0.5, 0.6) is 0 Å². The largest absolute Gasteiger partial charge is 0.468 e. The summed E-state index contributed by atoms with van der Waals surface area (Å²) in [6.45, 7) is 2.08. The predicted octanol–water partition coefficient (Wildman–Crippen LogP) is 2.78. The summed E-state index contributed by atoms with van der Waals surface area (Å²) in [5.41, 5.74) is 0. The lowest BCUT2D eigenvalue weighted by atomic mass is 10.2. The fourth-order valence-electron chi connectivity index (χ4n) is 2.19. The number of rotatable bonds is 7. The highest BCUT2D eigenvalue weighted by molar-refractivity contribution is 4.97. The first-order valence-electron chi connectivity index (χ1n) is 6.51. The maximum absolute atomic E-state index is 12.5. The molecule has 1 unspecified atom stereocenters. The minimum Gasteiger partial charge on any atom is -0.468 e. The third-order valence-electron chi connectivity index (χ3n) is 3.26. The van der Waals surface area contributed by atoms with Gasteiger partial charge in [-0.15, -0.1) is 0 Å². The maximum Gasteiger partial charge on any atom is 0.401 e. The average Bonchev–Trinajstić information content (AvgIpc) is 3.03. The molecule has 6 heteroatoms. The first kappa shape index (κ1) is 14.4. The van der Waals surface area contributed by atoms with Gasteiger partial charge in [0.05, 0.1) is 19.4 Å². The number of nitrogens with zero attached hydrogens (tertiary/aromatic N) is 1. The van der Waals surface area contributed by atoms with Gasteiger partial charge in [-0.2, -0.15) is 13.2 Å². The molecule has 0 radical (unpaired) electrons. The van der Waals surface area contributed by atoms with E-state index in [0.717, 1.165) is 18.6 Å². The van der Waals surface area contributed by atoms with E-state index >= 15 is 0 Å². The molecule has 1 fully saturated rings. The minimum absolute atomic E-state index is 0.0991. The Hall–Kier alpha value is -1.01. The van der Waals surface area contributed by atoms with E-state index in [-0.39, 0.29) is 12.1 Å². The molecule has 1 aromatic rings. The molecule has 108 valence electrons. The van der Waals surface area contributed by atoms with Gasteiger partial charge in [-0.1, -0.05) is 0 Å². The number of halogens is 3. The van der Waals surface area contributed by atoms with Crippen molar-refractivity contribution in [2.24, 2.45) is 0 Å². The summed E-state index contributed by atoms with van der Waals surface area (Å²) in [4.78, 5) is 1.55. The monoisotopic (exact) mass is 276 g/mol. The number of alkyl halides is 3. The number of furan rings is 1. The Labute approximate surface area is 110 Å². The zero-order chi connectivity index (χ0) is 13.9. The Morgan fingerprint density at radius 2 is 2.21 bits per heavy atom. The molecule has 2 rings (SSSR count). The van der Waals surface area contributed by atoms with E-state index in [1.54, 1.807) is 17.2 Å². The van der Waals surface area contributed by atoms with Gasteiger partial charge in [0.25, 0.3) is 0 Å². The van der Waals surface area contributed by atoms with Crippen molar-refractivity contribution in [2.75, 3.05) is 13.1 Å². The first-order chi connectivity index (χ1) is 8.96. The summed E-state index contributed by atoms with van der Waals surface area (Å²) < 4.78 is 42.7. The highest BCUT2D eigenvalue weighted by atomic mass is 19.4. The third kappa shape index (κ3) is 4.87. The van der Waals surface area contributed by atoms with Gasteiger partial charge in [0.2, 0.25) is 0 Å². The van der Waals surface area contributed by atoms with Gasteiger partial charge in [-0.05, 0) is 31.9 Å². The van der Waals surface area contributed by atoms with Gasteiger partial charge in [-0.25, -0.2) is 0 Å². The van der Waals surface area contributed by atoms with E-state index in [0.29, 0.717) is 13.1 Å². The van der Waals surface area contributed by atoms with Crippen molar-refractivity contribution < 1.29 is 17.6 Å². The van der Waals surface area contributed by atoms with Crippen molar-refractivity contribution in [3.05, 3.63) is 24.2 Å². The highest BCUT2D eigenvalue weighted by Crippen LogP contribution is 2.31. The molecule has 1 aromatic heterocycles. The van der Waals surface area contributed by atoms with E-state index in [1.807, 2.05) is 13.0 Å². The van der Waals surface area contributed by atoms with Gasteiger partial charge >= 0.3 is 6.18 Å². The summed E-state index contributed by atoms with van der Waals surface area (Å²) in [5.74, 6) is 0.793. The molecule has 1 atom stereocenters. The van der Waals surface area contributed by atoms with Crippen molar-refractivity contribution in [1.82, 2.24) is 10.2 Å².